The first-order valence-corrected chi connectivity index (χ1v) is 6.54. The van der Waals surface area contributed by atoms with E-state index >= 15 is 0 Å². The van der Waals surface area contributed by atoms with E-state index in [1.807, 2.05) is 24.3 Å². The summed E-state index contributed by atoms with van der Waals surface area (Å²) >= 11 is 3.38. The summed E-state index contributed by atoms with van der Waals surface area (Å²) in [6, 6.07) is 10.9. The maximum atomic E-state index is 13.1. The molecule has 0 spiro atoms. The fourth-order valence-electron chi connectivity index (χ4n) is 1.96. The fourth-order valence-corrected chi connectivity index (χ4v) is 2.38. The van der Waals surface area contributed by atoms with E-state index in [9.17, 15) is 8.78 Å². The lowest BCUT2D eigenvalue weighted by molar-refractivity contribution is 0.540. The molecule has 2 aromatic rings. The summed E-state index contributed by atoms with van der Waals surface area (Å²) in [5.41, 5.74) is 4.17. The van der Waals surface area contributed by atoms with Gasteiger partial charge in [0, 0.05) is 10.5 Å². The van der Waals surface area contributed by atoms with E-state index in [0.29, 0.717) is 12.0 Å². The number of nitrogens with two attached hydrogens (primary N) is 1. The molecule has 19 heavy (non-hydrogen) atoms. The number of benzene rings is 2. The highest BCUT2D eigenvalue weighted by Gasteiger charge is 2.12. The zero-order chi connectivity index (χ0) is 13.8. The second kappa shape index (κ2) is 6.23. The Labute approximate surface area is 118 Å². The zero-order valence-electron chi connectivity index (χ0n) is 10.0. The molecule has 1 atom stereocenters. The van der Waals surface area contributed by atoms with Gasteiger partial charge < -0.3 is 0 Å². The van der Waals surface area contributed by atoms with Crippen LogP contribution in [0, 0.1) is 11.6 Å². The molecule has 0 fully saturated rings. The molecule has 2 rings (SSSR count). The molecule has 1 unspecified atom stereocenters. The third-order valence-electron chi connectivity index (χ3n) is 2.81. The lowest BCUT2D eigenvalue weighted by atomic mass is 9.99. The maximum absolute atomic E-state index is 13.1. The van der Waals surface area contributed by atoms with Gasteiger partial charge in [0.05, 0.1) is 6.04 Å². The molecule has 0 aromatic heterocycles. The standard InChI is InChI=1S/C14H13BrF2N2/c15-11-3-1-2-10(7-11)14(19-18)6-9-4-12(16)8-13(17)5-9/h1-5,7-8,14,19H,6,18H2. The Morgan fingerprint density at radius 3 is 2.37 bits per heavy atom. The van der Waals surface area contributed by atoms with Crippen molar-refractivity contribution in [3.63, 3.8) is 0 Å². The molecule has 2 aromatic carbocycles. The molecule has 0 heterocycles. The topological polar surface area (TPSA) is 38.0 Å². The van der Waals surface area contributed by atoms with E-state index in [0.717, 1.165) is 16.1 Å². The summed E-state index contributed by atoms with van der Waals surface area (Å²) in [6.45, 7) is 0. The van der Waals surface area contributed by atoms with Gasteiger partial charge in [-0.15, -0.1) is 0 Å². The van der Waals surface area contributed by atoms with Crippen molar-refractivity contribution in [1.29, 1.82) is 0 Å². The molecule has 0 aliphatic carbocycles. The van der Waals surface area contributed by atoms with Crippen molar-refractivity contribution in [2.45, 2.75) is 12.5 Å². The van der Waals surface area contributed by atoms with Gasteiger partial charge in [-0.05, 0) is 41.8 Å². The predicted molar refractivity (Wildman–Crippen MR) is 74.3 cm³/mol. The summed E-state index contributed by atoms with van der Waals surface area (Å²) in [4.78, 5) is 0. The lowest BCUT2D eigenvalue weighted by Crippen LogP contribution is -2.29. The SMILES string of the molecule is NNC(Cc1cc(F)cc(F)c1)c1cccc(Br)c1. The third-order valence-corrected chi connectivity index (χ3v) is 3.31. The average molecular weight is 327 g/mol. The van der Waals surface area contributed by atoms with Gasteiger partial charge in [-0.25, -0.2) is 8.78 Å². The monoisotopic (exact) mass is 326 g/mol. The quantitative estimate of drug-likeness (QED) is 0.667. The van der Waals surface area contributed by atoms with Gasteiger partial charge in [-0.3, -0.25) is 11.3 Å². The molecule has 100 valence electrons. The van der Waals surface area contributed by atoms with Crippen molar-refractivity contribution in [2.24, 2.45) is 5.84 Å². The van der Waals surface area contributed by atoms with E-state index in [4.69, 9.17) is 5.84 Å². The number of rotatable bonds is 4. The normalized spacial score (nSPS) is 12.4. The maximum Gasteiger partial charge on any atom is 0.126 e. The Bertz CT molecular complexity index is 555. The minimum Gasteiger partial charge on any atom is -0.271 e. The minimum absolute atomic E-state index is 0.210. The van der Waals surface area contributed by atoms with Crippen LogP contribution >= 0.6 is 15.9 Å². The van der Waals surface area contributed by atoms with Crippen LogP contribution in [0.4, 0.5) is 8.78 Å². The number of halogens is 3. The molecule has 0 amide bonds. The molecular formula is C14H13BrF2N2. The Morgan fingerprint density at radius 2 is 1.79 bits per heavy atom. The highest BCUT2D eigenvalue weighted by molar-refractivity contribution is 9.10. The minimum atomic E-state index is -0.583. The summed E-state index contributed by atoms with van der Waals surface area (Å²) in [5, 5.41) is 0. The Hall–Kier alpha value is -1.30. The van der Waals surface area contributed by atoms with E-state index < -0.39 is 11.6 Å². The van der Waals surface area contributed by atoms with Crippen molar-refractivity contribution < 1.29 is 8.78 Å². The number of hydrogen-bond acceptors (Lipinski definition) is 2. The summed E-state index contributed by atoms with van der Waals surface area (Å²) < 4.78 is 27.2. The van der Waals surface area contributed by atoms with E-state index in [-0.39, 0.29) is 6.04 Å². The van der Waals surface area contributed by atoms with Crippen LogP contribution in [0.3, 0.4) is 0 Å². The van der Waals surface area contributed by atoms with Crippen LogP contribution in [0.25, 0.3) is 0 Å². The second-order valence-corrected chi connectivity index (χ2v) is 5.17. The molecule has 0 saturated carbocycles. The molecule has 0 bridgehead atoms. The number of hydrazine groups is 1. The highest BCUT2D eigenvalue weighted by Crippen LogP contribution is 2.22. The molecule has 0 aliphatic rings. The van der Waals surface area contributed by atoms with Gasteiger partial charge in [0.2, 0.25) is 0 Å². The fraction of sp³-hybridized carbons (Fsp3) is 0.143. The highest BCUT2D eigenvalue weighted by atomic mass is 79.9. The van der Waals surface area contributed by atoms with Gasteiger partial charge in [-0.1, -0.05) is 28.1 Å². The summed E-state index contributed by atoms with van der Waals surface area (Å²) in [6.07, 6.45) is 0.404. The van der Waals surface area contributed by atoms with Gasteiger partial charge >= 0.3 is 0 Å². The molecule has 3 N–H and O–H groups in total. The second-order valence-electron chi connectivity index (χ2n) is 4.26. The van der Waals surface area contributed by atoms with Crippen LogP contribution in [0.15, 0.2) is 46.9 Å². The van der Waals surface area contributed by atoms with Crippen molar-refractivity contribution in [3.8, 4) is 0 Å². The van der Waals surface area contributed by atoms with Crippen molar-refractivity contribution in [1.82, 2.24) is 5.43 Å². The van der Waals surface area contributed by atoms with E-state index in [1.165, 1.54) is 12.1 Å². The zero-order valence-corrected chi connectivity index (χ0v) is 11.6. The van der Waals surface area contributed by atoms with Crippen molar-refractivity contribution in [2.75, 3.05) is 0 Å². The van der Waals surface area contributed by atoms with Crippen LogP contribution in [-0.4, -0.2) is 0 Å². The molecule has 0 saturated heterocycles. The summed E-state index contributed by atoms with van der Waals surface area (Å²) in [7, 11) is 0. The Morgan fingerprint density at radius 1 is 1.11 bits per heavy atom. The van der Waals surface area contributed by atoms with Crippen molar-refractivity contribution >= 4 is 15.9 Å². The van der Waals surface area contributed by atoms with Crippen molar-refractivity contribution in [3.05, 3.63) is 69.7 Å². The first kappa shape index (κ1) is 14.1. The van der Waals surface area contributed by atoms with Gasteiger partial charge in [-0.2, -0.15) is 0 Å². The molecule has 2 nitrogen and oxygen atoms in total. The predicted octanol–water partition coefficient (Wildman–Crippen LogP) is 3.47. The summed E-state index contributed by atoms with van der Waals surface area (Å²) in [5.74, 6) is 4.36. The van der Waals surface area contributed by atoms with Crippen LogP contribution in [0.2, 0.25) is 0 Å². The van der Waals surface area contributed by atoms with Gasteiger partial charge in [0.15, 0.2) is 0 Å². The molecule has 5 heteroatoms. The van der Waals surface area contributed by atoms with Crippen LogP contribution in [-0.2, 0) is 6.42 Å². The molecule has 0 aliphatic heterocycles. The molecule has 0 radical (unpaired) electrons. The Balaban J connectivity index is 2.23. The van der Waals surface area contributed by atoms with Gasteiger partial charge in [0.25, 0.3) is 0 Å². The van der Waals surface area contributed by atoms with Crippen LogP contribution in [0.5, 0.6) is 0 Å². The van der Waals surface area contributed by atoms with Crippen LogP contribution < -0.4 is 11.3 Å². The number of nitrogens with one attached hydrogen (secondary N) is 1. The smallest absolute Gasteiger partial charge is 0.126 e. The first-order valence-electron chi connectivity index (χ1n) is 5.75. The number of hydrogen-bond donors (Lipinski definition) is 2. The molecular weight excluding hydrogens is 314 g/mol. The van der Waals surface area contributed by atoms with E-state index in [1.54, 1.807) is 0 Å². The first-order chi connectivity index (χ1) is 9.08. The van der Waals surface area contributed by atoms with Gasteiger partial charge in [0.1, 0.15) is 11.6 Å². The third kappa shape index (κ3) is 3.83. The lowest BCUT2D eigenvalue weighted by Gasteiger charge is -2.17. The van der Waals surface area contributed by atoms with E-state index in [2.05, 4.69) is 21.4 Å². The average Bonchev–Trinajstić information content (AvgIpc) is 2.34. The Kier molecular flexibility index (Phi) is 4.63. The van der Waals surface area contributed by atoms with Crippen LogP contribution in [0.1, 0.15) is 17.2 Å². The largest absolute Gasteiger partial charge is 0.271 e.